The summed E-state index contributed by atoms with van der Waals surface area (Å²) in [5.74, 6) is 0.989. The highest BCUT2D eigenvalue weighted by Crippen LogP contribution is 2.09. The van der Waals surface area contributed by atoms with Gasteiger partial charge in [-0.2, -0.15) is 11.8 Å². The van der Waals surface area contributed by atoms with E-state index >= 15 is 0 Å². The Morgan fingerprint density at radius 1 is 1.55 bits per heavy atom. The minimum atomic E-state index is -0.741. The van der Waals surface area contributed by atoms with Crippen LogP contribution in [-0.2, 0) is 4.74 Å². The van der Waals surface area contributed by atoms with Gasteiger partial charge in [0.1, 0.15) is 0 Å². The summed E-state index contributed by atoms with van der Waals surface area (Å²) in [6.45, 7) is 2.08. The van der Waals surface area contributed by atoms with Crippen molar-refractivity contribution in [3.8, 4) is 0 Å². The molecule has 0 heterocycles. The molecule has 0 fully saturated rings. The van der Waals surface area contributed by atoms with Crippen molar-refractivity contribution in [3.05, 3.63) is 0 Å². The van der Waals surface area contributed by atoms with E-state index in [4.69, 9.17) is 9.84 Å². The Morgan fingerprint density at radius 3 is 2.64 bits per heavy atom. The monoisotopic (exact) mass is 180 g/mol. The third kappa shape index (κ3) is 5.49. The van der Waals surface area contributed by atoms with Crippen LogP contribution in [-0.4, -0.2) is 41.7 Å². The van der Waals surface area contributed by atoms with Crippen LogP contribution in [0.15, 0.2) is 0 Å². The van der Waals surface area contributed by atoms with Crippen molar-refractivity contribution in [2.24, 2.45) is 5.92 Å². The summed E-state index contributed by atoms with van der Waals surface area (Å²) in [5, 5.41) is 17.6. The number of aliphatic hydroxyl groups is 2. The predicted octanol–water partition coefficient (Wildman–Crippen LogP) is 0.313. The van der Waals surface area contributed by atoms with E-state index in [2.05, 4.69) is 0 Å². The van der Waals surface area contributed by atoms with Crippen LogP contribution in [0.25, 0.3) is 0 Å². The Balaban J connectivity index is 3.38. The highest BCUT2D eigenvalue weighted by molar-refractivity contribution is 7.98. The Labute approximate surface area is 71.8 Å². The molecule has 0 amide bonds. The Hall–Kier alpha value is 0.230. The Bertz CT molecular complexity index is 89.8. The molecule has 0 spiro atoms. The summed E-state index contributed by atoms with van der Waals surface area (Å²) in [7, 11) is 0. The lowest BCUT2D eigenvalue weighted by atomic mass is 10.2. The highest BCUT2D eigenvalue weighted by Gasteiger charge is 2.12. The van der Waals surface area contributed by atoms with E-state index in [1.54, 1.807) is 11.8 Å². The third-order valence-electron chi connectivity index (χ3n) is 1.30. The van der Waals surface area contributed by atoms with E-state index < -0.39 is 6.29 Å². The van der Waals surface area contributed by atoms with Crippen molar-refractivity contribution in [2.75, 3.05) is 25.2 Å². The van der Waals surface area contributed by atoms with Gasteiger partial charge < -0.3 is 14.9 Å². The summed E-state index contributed by atoms with van der Waals surface area (Å²) in [6.07, 6.45) is 1.24. The summed E-state index contributed by atoms with van der Waals surface area (Å²) < 4.78 is 4.90. The third-order valence-corrected chi connectivity index (χ3v) is 2.16. The number of aliphatic hydroxyl groups excluding tert-OH is 2. The zero-order valence-corrected chi connectivity index (χ0v) is 7.80. The van der Waals surface area contributed by atoms with Gasteiger partial charge >= 0.3 is 0 Å². The molecule has 11 heavy (non-hydrogen) atoms. The van der Waals surface area contributed by atoms with Crippen molar-refractivity contribution >= 4 is 11.8 Å². The van der Waals surface area contributed by atoms with Crippen LogP contribution in [0, 0.1) is 5.92 Å². The smallest absolute Gasteiger partial charge is 0.157 e. The Kier molecular flexibility index (Phi) is 7.06. The second-order valence-corrected chi connectivity index (χ2v) is 3.33. The first-order chi connectivity index (χ1) is 5.22. The first kappa shape index (κ1) is 11.2. The van der Waals surface area contributed by atoms with Crippen molar-refractivity contribution < 1.29 is 14.9 Å². The maximum atomic E-state index is 9.23. The van der Waals surface area contributed by atoms with Crippen LogP contribution in [0.2, 0.25) is 0 Å². The molecule has 0 aromatic heterocycles. The summed E-state index contributed by atoms with van der Waals surface area (Å²) in [6, 6.07) is 0. The average Bonchev–Trinajstić information content (AvgIpc) is 2.00. The van der Waals surface area contributed by atoms with E-state index in [-0.39, 0.29) is 19.1 Å². The average molecular weight is 180 g/mol. The van der Waals surface area contributed by atoms with Gasteiger partial charge in [-0.05, 0) is 6.26 Å². The van der Waals surface area contributed by atoms with Crippen LogP contribution in [0.4, 0.5) is 0 Å². The lowest BCUT2D eigenvalue weighted by Gasteiger charge is -2.17. The van der Waals surface area contributed by atoms with Gasteiger partial charge in [0.2, 0.25) is 0 Å². The van der Waals surface area contributed by atoms with Crippen LogP contribution >= 0.6 is 11.8 Å². The number of rotatable bonds is 6. The first-order valence-corrected chi connectivity index (χ1v) is 5.01. The lowest BCUT2D eigenvalue weighted by molar-refractivity contribution is -0.131. The SMILES string of the molecule is CSCC(C)C(O)OCCO. The van der Waals surface area contributed by atoms with E-state index in [1.165, 1.54) is 0 Å². The molecule has 0 radical (unpaired) electrons. The van der Waals surface area contributed by atoms with Gasteiger partial charge in [-0.1, -0.05) is 6.92 Å². The number of thioether (sulfide) groups is 1. The van der Waals surface area contributed by atoms with Gasteiger partial charge in [0.15, 0.2) is 6.29 Å². The fraction of sp³-hybridized carbons (Fsp3) is 1.00. The quantitative estimate of drug-likeness (QED) is 0.578. The number of hydrogen-bond donors (Lipinski definition) is 2. The molecule has 0 aromatic rings. The van der Waals surface area contributed by atoms with Crippen LogP contribution in [0.3, 0.4) is 0 Å². The molecular formula is C7H16O3S. The lowest BCUT2D eigenvalue weighted by Crippen LogP contribution is -2.24. The van der Waals surface area contributed by atoms with Gasteiger partial charge in [0.05, 0.1) is 13.2 Å². The molecule has 0 aliphatic heterocycles. The molecule has 2 N–H and O–H groups in total. The molecule has 0 bridgehead atoms. The van der Waals surface area contributed by atoms with E-state index in [9.17, 15) is 5.11 Å². The van der Waals surface area contributed by atoms with Crippen molar-refractivity contribution in [2.45, 2.75) is 13.2 Å². The van der Waals surface area contributed by atoms with Crippen molar-refractivity contribution in [1.29, 1.82) is 0 Å². The second kappa shape index (κ2) is 6.91. The zero-order chi connectivity index (χ0) is 8.69. The van der Waals surface area contributed by atoms with Crippen LogP contribution in [0.1, 0.15) is 6.92 Å². The van der Waals surface area contributed by atoms with Crippen LogP contribution < -0.4 is 0 Å². The van der Waals surface area contributed by atoms with Gasteiger partial charge in [-0.3, -0.25) is 0 Å². The Morgan fingerprint density at radius 2 is 2.18 bits per heavy atom. The van der Waals surface area contributed by atoms with E-state index in [1.807, 2.05) is 13.2 Å². The topological polar surface area (TPSA) is 49.7 Å². The fourth-order valence-electron chi connectivity index (χ4n) is 0.683. The maximum absolute atomic E-state index is 9.23. The minimum absolute atomic E-state index is 0.0386. The molecule has 2 unspecified atom stereocenters. The maximum Gasteiger partial charge on any atom is 0.157 e. The van der Waals surface area contributed by atoms with Crippen molar-refractivity contribution in [3.63, 3.8) is 0 Å². The van der Waals surface area contributed by atoms with Gasteiger partial charge in [0.25, 0.3) is 0 Å². The molecule has 0 saturated carbocycles. The number of ether oxygens (including phenoxy) is 1. The largest absolute Gasteiger partial charge is 0.394 e. The van der Waals surface area contributed by atoms with Gasteiger partial charge in [-0.25, -0.2) is 0 Å². The fourth-order valence-corrected chi connectivity index (χ4v) is 1.37. The zero-order valence-electron chi connectivity index (χ0n) is 6.99. The van der Waals surface area contributed by atoms with Gasteiger partial charge in [-0.15, -0.1) is 0 Å². The molecule has 0 aliphatic carbocycles. The highest BCUT2D eigenvalue weighted by atomic mass is 32.2. The van der Waals surface area contributed by atoms with Crippen LogP contribution in [0.5, 0.6) is 0 Å². The molecule has 3 nitrogen and oxygen atoms in total. The minimum Gasteiger partial charge on any atom is -0.394 e. The molecule has 0 rings (SSSR count). The molecule has 0 aliphatic rings. The second-order valence-electron chi connectivity index (χ2n) is 2.42. The summed E-state index contributed by atoms with van der Waals surface area (Å²) in [4.78, 5) is 0. The number of hydrogen-bond acceptors (Lipinski definition) is 4. The molecule has 4 heteroatoms. The van der Waals surface area contributed by atoms with E-state index in [0.29, 0.717) is 0 Å². The molecule has 2 atom stereocenters. The predicted molar refractivity (Wildman–Crippen MR) is 46.6 cm³/mol. The first-order valence-electron chi connectivity index (χ1n) is 3.61. The summed E-state index contributed by atoms with van der Waals surface area (Å²) >= 11 is 1.67. The molecular weight excluding hydrogens is 164 g/mol. The standard InChI is InChI=1S/C7H16O3S/c1-6(5-11-2)7(9)10-4-3-8/h6-9H,3-5H2,1-2H3. The molecule has 0 aromatic carbocycles. The molecule has 0 saturated heterocycles. The van der Waals surface area contributed by atoms with E-state index in [0.717, 1.165) is 5.75 Å². The van der Waals surface area contributed by atoms with Crippen molar-refractivity contribution in [1.82, 2.24) is 0 Å². The normalized spacial score (nSPS) is 16.4. The summed E-state index contributed by atoms with van der Waals surface area (Å²) in [5.41, 5.74) is 0. The molecule has 68 valence electrons. The van der Waals surface area contributed by atoms with Gasteiger partial charge in [0, 0.05) is 11.7 Å².